The summed E-state index contributed by atoms with van der Waals surface area (Å²) >= 11 is 0. The number of aliphatic carboxylic acids is 1. The first kappa shape index (κ1) is 23.9. The van der Waals surface area contributed by atoms with Gasteiger partial charge in [-0.1, -0.05) is 19.9 Å². The number of aromatic nitrogens is 3. The van der Waals surface area contributed by atoms with Crippen LogP contribution in [0.2, 0.25) is 0 Å². The van der Waals surface area contributed by atoms with Crippen LogP contribution in [0.4, 0.5) is 13.2 Å². The van der Waals surface area contributed by atoms with Crippen molar-refractivity contribution in [2.75, 3.05) is 0 Å². The molecule has 11 heteroatoms. The molecule has 8 nitrogen and oxygen atoms in total. The van der Waals surface area contributed by atoms with E-state index in [1.54, 1.807) is 24.4 Å². The van der Waals surface area contributed by atoms with Gasteiger partial charge in [0.1, 0.15) is 5.82 Å². The number of aryl methyl sites for hydroxylation is 1. The number of carbonyl (C=O) groups excluding carboxylic acids is 1. The van der Waals surface area contributed by atoms with Gasteiger partial charge in [0.15, 0.2) is 5.82 Å². The van der Waals surface area contributed by atoms with E-state index in [0.717, 1.165) is 5.56 Å². The topological polar surface area (TPSA) is 114 Å². The van der Waals surface area contributed by atoms with Crippen LogP contribution >= 0.6 is 0 Å². The van der Waals surface area contributed by atoms with Gasteiger partial charge in [0, 0.05) is 6.20 Å². The van der Waals surface area contributed by atoms with Crippen molar-refractivity contribution in [2.24, 2.45) is 5.92 Å². The van der Waals surface area contributed by atoms with Crippen LogP contribution in [0.3, 0.4) is 0 Å². The minimum atomic E-state index is -5.08. The van der Waals surface area contributed by atoms with Crippen LogP contribution in [-0.4, -0.2) is 37.7 Å². The zero-order valence-corrected chi connectivity index (χ0v) is 18.0. The molecule has 0 spiro atoms. The Bertz CT molecular complexity index is 1280. The quantitative estimate of drug-likeness (QED) is 0.602. The lowest BCUT2D eigenvalue weighted by Crippen LogP contribution is -2.31. The van der Waals surface area contributed by atoms with Gasteiger partial charge in [-0.05, 0) is 49.1 Å². The summed E-state index contributed by atoms with van der Waals surface area (Å²) in [6, 6.07) is 8.61. The second-order valence-electron chi connectivity index (χ2n) is 7.96. The van der Waals surface area contributed by atoms with E-state index < -0.39 is 12.1 Å². The van der Waals surface area contributed by atoms with Crippen molar-refractivity contribution in [1.82, 2.24) is 19.9 Å². The number of carbonyl (C=O) groups is 2. The molecule has 1 atom stereocenters. The molecular weight excluding hydrogens is 441 g/mol. The molecule has 0 saturated carbocycles. The molecule has 2 aromatic heterocycles. The molecule has 0 saturated heterocycles. The van der Waals surface area contributed by atoms with Gasteiger partial charge in [-0.3, -0.25) is 9.59 Å². The number of fused-ring (bicyclic) bond motifs is 4. The number of carboxylic acids is 1. The Labute approximate surface area is 186 Å². The highest BCUT2D eigenvalue weighted by Crippen LogP contribution is 2.27. The van der Waals surface area contributed by atoms with Crippen LogP contribution in [0, 0.1) is 12.8 Å². The molecule has 1 amide bonds. The van der Waals surface area contributed by atoms with Crippen LogP contribution in [0.1, 0.15) is 48.1 Å². The first-order valence-electron chi connectivity index (χ1n) is 9.99. The van der Waals surface area contributed by atoms with E-state index in [0.29, 0.717) is 40.4 Å². The van der Waals surface area contributed by atoms with Crippen LogP contribution in [0.25, 0.3) is 16.7 Å². The van der Waals surface area contributed by atoms with Gasteiger partial charge in [0.25, 0.3) is 11.5 Å². The summed E-state index contributed by atoms with van der Waals surface area (Å²) in [5.41, 5.74) is 1.86. The molecule has 3 aromatic rings. The molecule has 1 aromatic carbocycles. The number of hydrogen-bond donors (Lipinski definition) is 2. The molecule has 4 rings (SSSR count). The second kappa shape index (κ2) is 9.00. The number of benzene rings is 1. The molecule has 1 aliphatic heterocycles. The average molecular weight is 462 g/mol. The maximum Gasteiger partial charge on any atom is 0.490 e. The largest absolute Gasteiger partial charge is 0.490 e. The minimum Gasteiger partial charge on any atom is -0.475 e. The summed E-state index contributed by atoms with van der Waals surface area (Å²) in [7, 11) is 0. The molecule has 174 valence electrons. The van der Waals surface area contributed by atoms with Gasteiger partial charge in [0.05, 0.1) is 22.5 Å². The fourth-order valence-corrected chi connectivity index (χ4v) is 3.44. The lowest BCUT2D eigenvalue weighted by molar-refractivity contribution is -0.192. The van der Waals surface area contributed by atoms with Gasteiger partial charge in [-0.15, -0.1) is 0 Å². The number of pyridine rings is 1. The summed E-state index contributed by atoms with van der Waals surface area (Å²) in [4.78, 5) is 44.0. The number of hydrogen-bond acceptors (Lipinski definition) is 5. The molecule has 33 heavy (non-hydrogen) atoms. The third-order valence-corrected chi connectivity index (χ3v) is 4.86. The maximum absolute atomic E-state index is 13.3. The lowest BCUT2D eigenvalue weighted by Gasteiger charge is -2.20. The van der Waals surface area contributed by atoms with Crippen LogP contribution < -0.4 is 10.9 Å². The molecule has 2 N–H and O–H groups in total. The van der Waals surface area contributed by atoms with E-state index in [1.165, 1.54) is 4.57 Å². The van der Waals surface area contributed by atoms with Crippen LogP contribution in [0.5, 0.6) is 0 Å². The summed E-state index contributed by atoms with van der Waals surface area (Å²) < 4.78 is 33.2. The van der Waals surface area contributed by atoms with Crippen molar-refractivity contribution in [3.05, 3.63) is 63.8 Å². The van der Waals surface area contributed by atoms with Gasteiger partial charge in [-0.2, -0.15) is 13.2 Å². The number of rotatable bonds is 2. The fourth-order valence-electron chi connectivity index (χ4n) is 3.44. The monoisotopic (exact) mass is 462 g/mol. The van der Waals surface area contributed by atoms with Crippen molar-refractivity contribution in [1.29, 1.82) is 0 Å². The minimum absolute atomic E-state index is 0.199. The van der Waals surface area contributed by atoms with Crippen LogP contribution in [-0.2, 0) is 4.79 Å². The number of carboxylic acid groups (broad SMARTS) is 1. The molecule has 1 unspecified atom stereocenters. The third-order valence-electron chi connectivity index (χ3n) is 4.86. The van der Waals surface area contributed by atoms with Crippen molar-refractivity contribution >= 4 is 22.8 Å². The van der Waals surface area contributed by atoms with Gasteiger partial charge >= 0.3 is 12.1 Å². The number of amides is 1. The Kier molecular flexibility index (Phi) is 6.52. The zero-order chi connectivity index (χ0) is 24.5. The SMILES string of the molecule is Cc1ccc2c(=O)n3c(nc2c1)C(CC(C)C)NC(=O)c1cccnc1-3.O=C(O)C(F)(F)F. The number of halogens is 3. The number of nitrogens with zero attached hydrogens (tertiary/aromatic N) is 3. The van der Waals surface area contributed by atoms with Crippen LogP contribution in [0.15, 0.2) is 41.3 Å². The van der Waals surface area contributed by atoms with E-state index in [2.05, 4.69) is 24.1 Å². The van der Waals surface area contributed by atoms with Gasteiger partial charge in [0.2, 0.25) is 0 Å². The third kappa shape index (κ3) is 5.02. The van der Waals surface area contributed by atoms with Gasteiger partial charge in [-0.25, -0.2) is 19.3 Å². The predicted molar refractivity (Wildman–Crippen MR) is 113 cm³/mol. The highest BCUT2D eigenvalue weighted by atomic mass is 19.4. The molecule has 1 aliphatic rings. The summed E-state index contributed by atoms with van der Waals surface area (Å²) in [5, 5.41) is 10.7. The first-order chi connectivity index (χ1) is 15.4. The Morgan fingerprint density at radius 2 is 1.91 bits per heavy atom. The summed E-state index contributed by atoms with van der Waals surface area (Å²) in [6.45, 7) is 6.13. The Hall–Kier alpha value is -3.76. The highest BCUT2D eigenvalue weighted by Gasteiger charge is 2.38. The predicted octanol–water partition coefficient (Wildman–Crippen LogP) is 3.55. The first-order valence-corrected chi connectivity index (χ1v) is 9.99. The average Bonchev–Trinajstić information content (AvgIpc) is 2.82. The molecule has 0 bridgehead atoms. The van der Waals surface area contributed by atoms with E-state index >= 15 is 0 Å². The smallest absolute Gasteiger partial charge is 0.475 e. The molecule has 0 fully saturated rings. The molecule has 3 heterocycles. The zero-order valence-electron chi connectivity index (χ0n) is 18.0. The fraction of sp³-hybridized carbons (Fsp3) is 0.318. The van der Waals surface area contributed by atoms with Crippen molar-refractivity contribution in [2.45, 2.75) is 39.4 Å². The van der Waals surface area contributed by atoms with Crippen molar-refractivity contribution in [3.8, 4) is 5.82 Å². The summed E-state index contributed by atoms with van der Waals surface area (Å²) in [5.74, 6) is -1.79. The second-order valence-corrected chi connectivity index (χ2v) is 7.96. The van der Waals surface area contributed by atoms with E-state index in [4.69, 9.17) is 14.9 Å². The van der Waals surface area contributed by atoms with E-state index in [1.807, 2.05) is 19.1 Å². The number of nitrogens with one attached hydrogen (secondary N) is 1. The molecular formula is C22H21F3N4O4. The molecule has 0 radical (unpaired) electrons. The van der Waals surface area contributed by atoms with Crippen molar-refractivity contribution in [3.63, 3.8) is 0 Å². The maximum atomic E-state index is 13.3. The Morgan fingerprint density at radius 3 is 2.52 bits per heavy atom. The van der Waals surface area contributed by atoms with Gasteiger partial charge < -0.3 is 10.4 Å². The molecule has 0 aliphatic carbocycles. The van der Waals surface area contributed by atoms with E-state index in [-0.39, 0.29) is 17.5 Å². The Balaban J connectivity index is 0.000000383. The highest BCUT2D eigenvalue weighted by molar-refractivity contribution is 5.98. The summed E-state index contributed by atoms with van der Waals surface area (Å²) in [6.07, 6.45) is -2.81. The Morgan fingerprint density at radius 1 is 1.24 bits per heavy atom. The van der Waals surface area contributed by atoms with Crippen molar-refractivity contribution < 1.29 is 27.9 Å². The number of alkyl halides is 3. The normalized spacial score (nSPS) is 15.1. The lowest BCUT2D eigenvalue weighted by atomic mass is 10.0. The van der Waals surface area contributed by atoms with E-state index in [9.17, 15) is 22.8 Å². The standard InChI is InChI=1S/C20H20N4O2.C2HF3O2/c1-11(2)9-16-18-22-15-10-12(3)6-7-13(15)20(26)24(18)17-14(19(25)23-16)5-4-8-21-17;3-2(4,5)1(6)7/h4-8,10-11,16H,9H2,1-3H3,(H,23,25);(H,6,7).